The first-order valence-corrected chi connectivity index (χ1v) is 7.48. The van der Waals surface area contributed by atoms with E-state index in [0.29, 0.717) is 0 Å². The fourth-order valence-electron chi connectivity index (χ4n) is 2.20. The predicted octanol–water partition coefficient (Wildman–Crippen LogP) is 3.84. The second kappa shape index (κ2) is 5.51. The highest BCUT2D eigenvalue weighted by Crippen LogP contribution is 2.27. The zero-order valence-corrected chi connectivity index (χ0v) is 12.2. The Bertz CT molecular complexity index is 733. The Balaban J connectivity index is 1.65. The number of aryl methyl sites for hydroxylation is 1. The molecule has 3 N–H and O–H groups in total. The van der Waals surface area contributed by atoms with Crippen molar-refractivity contribution in [3.05, 3.63) is 53.6 Å². The first-order valence-electron chi connectivity index (χ1n) is 6.66. The van der Waals surface area contributed by atoms with Crippen molar-refractivity contribution in [1.29, 1.82) is 0 Å². The first-order chi connectivity index (χ1) is 9.70. The van der Waals surface area contributed by atoms with E-state index >= 15 is 0 Å². The number of anilines is 2. The lowest BCUT2D eigenvalue weighted by molar-refractivity contribution is 1.01. The van der Waals surface area contributed by atoms with E-state index in [1.54, 1.807) is 11.3 Å². The van der Waals surface area contributed by atoms with Crippen LogP contribution in [0.15, 0.2) is 42.5 Å². The van der Waals surface area contributed by atoms with Crippen molar-refractivity contribution in [2.45, 2.75) is 13.3 Å². The quantitative estimate of drug-likeness (QED) is 0.715. The standard InChI is InChI=1S/C16H17N3S/c1-11-3-2-4-12(9-11)7-8-18-16-19-14-6-5-13(17)10-15(14)20-16/h2-6,9-10H,7-8,17H2,1H3,(H,18,19). The first kappa shape index (κ1) is 12.9. The van der Waals surface area contributed by atoms with E-state index in [2.05, 4.69) is 41.5 Å². The zero-order valence-electron chi connectivity index (χ0n) is 11.4. The molecule has 0 saturated heterocycles. The van der Waals surface area contributed by atoms with Crippen LogP contribution in [0, 0.1) is 6.92 Å². The van der Waals surface area contributed by atoms with Gasteiger partial charge in [0, 0.05) is 12.2 Å². The summed E-state index contributed by atoms with van der Waals surface area (Å²) < 4.78 is 1.13. The van der Waals surface area contributed by atoms with Gasteiger partial charge in [-0.2, -0.15) is 0 Å². The summed E-state index contributed by atoms with van der Waals surface area (Å²) >= 11 is 1.65. The van der Waals surface area contributed by atoms with E-state index in [4.69, 9.17) is 5.73 Å². The van der Waals surface area contributed by atoms with Crippen LogP contribution in [0.3, 0.4) is 0 Å². The molecule has 20 heavy (non-hydrogen) atoms. The van der Waals surface area contributed by atoms with Gasteiger partial charge in [-0.05, 0) is 37.1 Å². The van der Waals surface area contributed by atoms with Gasteiger partial charge in [0.25, 0.3) is 0 Å². The summed E-state index contributed by atoms with van der Waals surface area (Å²) in [5.41, 5.74) is 10.2. The minimum atomic E-state index is 0.785. The molecule has 102 valence electrons. The van der Waals surface area contributed by atoms with Crippen LogP contribution >= 0.6 is 11.3 Å². The number of nitrogens with zero attached hydrogens (tertiary/aromatic N) is 1. The summed E-state index contributed by atoms with van der Waals surface area (Å²) in [5, 5.41) is 4.34. The van der Waals surface area contributed by atoms with E-state index < -0.39 is 0 Å². The van der Waals surface area contributed by atoms with Gasteiger partial charge in [0.15, 0.2) is 5.13 Å². The van der Waals surface area contributed by atoms with Gasteiger partial charge in [-0.1, -0.05) is 41.2 Å². The molecular weight excluding hydrogens is 266 g/mol. The molecule has 3 aromatic rings. The molecular formula is C16H17N3S. The van der Waals surface area contributed by atoms with E-state index in [-0.39, 0.29) is 0 Å². The number of aromatic nitrogens is 1. The van der Waals surface area contributed by atoms with Crippen LogP contribution in [-0.2, 0) is 6.42 Å². The normalized spacial score (nSPS) is 10.8. The largest absolute Gasteiger partial charge is 0.399 e. The smallest absolute Gasteiger partial charge is 0.183 e. The van der Waals surface area contributed by atoms with Gasteiger partial charge in [0.05, 0.1) is 10.2 Å². The van der Waals surface area contributed by atoms with Crippen LogP contribution in [0.1, 0.15) is 11.1 Å². The molecule has 0 radical (unpaired) electrons. The second-order valence-electron chi connectivity index (χ2n) is 4.91. The van der Waals surface area contributed by atoms with Gasteiger partial charge in [-0.15, -0.1) is 0 Å². The second-order valence-corrected chi connectivity index (χ2v) is 5.94. The molecule has 2 aromatic carbocycles. The van der Waals surface area contributed by atoms with Crippen LogP contribution in [-0.4, -0.2) is 11.5 Å². The monoisotopic (exact) mass is 283 g/mol. The number of fused-ring (bicyclic) bond motifs is 1. The van der Waals surface area contributed by atoms with Crippen molar-refractivity contribution in [3.8, 4) is 0 Å². The molecule has 0 unspecified atom stereocenters. The number of benzene rings is 2. The molecule has 3 nitrogen and oxygen atoms in total. The highest BCUT2D eigenvalue weighted by Gasteiger charge is 2.03. The molecule has 0 bridgehead atoms. The molecule has 0 fully saturated rings. The van der Waals surface area contributed by atoms with Gasteiger partial charge in [0.1, 0.15) is 0 Å². The molecule has 0 atom stereocenters. The Morgan fingerprint density at radius 2 is 2.10 bits per heavy atom. The highest BCUT2D eigenvalue weighted by atomic mass is 32.1. The van der Waals surface area contributed by atoms with E-state index in [0.717, 1.165) is 34.0 Å². The predicted molar refractivity (Wildman–Crippen MR) is 87.4 cm³/mol. The Morgan fingerprint density at radius 1 is 1.20 bits per heavy atom. The lowest BCUT2D eigenvalue weighted by Gasteiger charge is -2.03. The minimum absolute atomic E-state index is 0.785. The molecule has 4 heteroatoms. The molecule has 1 aromatic heterocycles. The Labute approximate surface area is 122 Å². The number of rotatable bonds is 4. The van der Waals surface area contributed by atoms with E-state index in [1.807, 2.05) is 18.2 Å². The number of nitrogen functional groups attached to an aromatic ring is 1. The Kier molecular flexibility index (Phi) is 3.56. The molecule has 0 aliphatic heterocycles. The number of nitrogens with one attached hydrogen (secondary N) is 1. The van der Waals surface area contributed by atoms with Crippen LogP contribution in [0.2, 0.25) is 0 Å². The highest BCUT2D eigenvalue weighted by molar-refractivity contribution is 7.22. The summed E-state index contributed by atoms with van der Waals surface area (Å²) in [6.07, 6.45) is 1.000. The summed E-state index contributed by atoms with van der Waals surface area (Å²) in [6.45, 7) is 3.01. The van der Waals surface area contributed by atoms with Crippen molar-refractivity contribution in [1.82, 2.24) is 4.98 Å². The lowest BCUT2D eigenvalue weighted by atomic mass is 10.1. The van der Waals surface area contributed by atoms with Crippen molar-refractivity contribution < 1.29 is 0 Å². The maximum absolute atomic E-state index is 5.78. The fraction of sp³-hybridized carbons (Fsp3) is 0.188. The summed E-state index contributed by atoms with van der Waals surface area (Å²) in [7, 11) is 0. The SMILES string of the molecule is Cc1cccc(CCNc2nc3ccc(N)cc3s2)c1. The average molecular weight is 283 g/mol. The summed E-state index contributed by atoms with van der Waals surface area (Å²) in [5.74, 6) is 0. The molecule has 0 spiro atoms. The van der Waals surface area contributed by atoms with Crippen LogP contribution in [0.25, 0.3) is 10.2 Å². The van der Waals surface area contributed by atoms with Crippen molar-refractivity contribution in [2.75, 3.05) is 17.6 Å². The number of hydrogen-bond donors (Lipinski definition) is 2. The number of thiazole rings is 1. The van der Waals surface area contributed by atoms with Crippen LogP contribution in [0.4, 0.5) is 10.8 Å². The molecule has 0 aliphatic rings. The number of hydrogen-bond acceptors (Lipinski definition) is 4. The van der Waals surface area contributed by atoms with Crippen molar-refractivity contribution >= 4 is 32.4 Å². The molecule has 3 rings (SSSR count). The molecule has 1 heterocycles. The van der Waals surface area contributed by atoms with Gasteiger partial charge in [0.2, 0.25) is 0 Å². The van der Waals surface area contributed by atoms with Crippen molar-refractivity contribution in [2.24, 2.45) is 0 Å². The Morgan fingerprint density at radius 3 is 2.95 bits per heavy atom. The maximum Gasteiger partial charge on any atom is 0.183 e. The van der Waals surface area contributed by atoms with Crippen molar-refractivity contribution in [3.63, 3.8) is 0 Å². The third kappa shape index (κ3) is 2.91. The third-order valence-electron chi connectivity index (χ3n) is 3.18. The Hall–Kier alpha value is -2.07. The third-order valence-corrected chi connectivity index (χ3v) is 4.16. The van der Waals surface area contributed by atoms with Crippen LogP contribution in [0.5, 0.6) is 0 Å². The topological polar surface area (TPSA) is 50.9 Å². The summed E-state index contributed by atoms with van der Waals surface area (Å²) in [6, 6.07) is 14.4. The fourth-order valence-corrected chi connectivity index (χ4v) is 3.14. The lowest BCUT2D eigenvalue weighted by Crippen LogP contribution is -2.04. The maximum atomic E-state index is 5.78. The van der Waals surface area contributed by atoms with E-state index in [1.165, 1.54) is 11.1 Å². The molecule has 0 amide bonds. The van der Waals surface area contributed by atoms with Crippen LogP contribution < -0.4 is 11.1 Å². The van der Waals surface area contributed by atoms with E-state index in [9.17, 15) is 0 Å². The van der Waals surface area contributed by atoms with Gasteiger partial charge >= 0.3 is 0 Å². The summed E-state index contributed by atoms with van der Waals surface area (Å²) in [4.78, 5) is 4.55. The zero-order chi connectivity index (χ0) is 13.9. The average Bonchev–Trinajstić information content (AvgIpc) is 2.80. The van der Waals surface area contributed by atoms with Gasteiger partial charge < -0.3 is 11.1 Å². The molecule has 0 aliphatic carbocycles. The van der Waals surface area contributed by atoms with Gasteiger partial charge in [-0.3, -0.25) is 0 Å². The number of nitrogens with two attached hydrogens (primary N) is 1. The minimum Gasteiger partial charge on any atom is -0.399 e. The van der Waals surface area contributed by atoms with Gasteiger partial charge in [-0.25, -0.2) is 4.98 Å². The molecule has 0 saturated carbocycles.